The molecule has 1 atom stereocenters. The molecular formula is C16H26ClN. The van der Waals surface area contributed by atoms with Crippen LogP contribution in [0.5, 0.6) is 0 Å². The average molecular weight is 268 g/mol. The Morgan fingerprint density at radius 3 is 2.50 bits per heavy atom. The molecule has 0 saturated heterocycles. The molecule has 0 bridgehead atoms. The first-order valence-corrected chi connectivity index (χ1v) is 7.50. The van der Waals surface area contributed by atoms with Crippen molar-refractivity contribution in [3.63, 3.8) is 0 Å². The number of hydrogen-bond acceptors (Lipinski definition) is 1. The van der Waals surface area contributed by atoms with Crippen molar-refractivity contribution in [1.82, 2.24) is 5.32 Å². The van der Waals surface area contributed by atoms with Gasteiger partial charge in [0.2, 0.25) is 0 Å². The smallest absolute Gasteiger partial charge is 0.0456 e. The van der Waals surface area contributed by atoms with Gasteiger partial charge < -0.3 is 5.32 Å². The van der Waals surface area contributed by atoms with Crippen molar-refractivity contribution in [2.24, 2.45) is 0 Å². The van der Waals surface area contributed by atoms with E-state index in [0.717, 1.165) is 5.02 Å². The van der Waals surface area contributed by atoms with Gasteiger partial charge in [-0.2, -0.15) is 0 Å². The Kier molecular flexibility index (Phi) is 7.38. The Bertz CT molecular complexity index is 349. The molecule has 1 aromatic carbocycles. The maximum absolute atomic E-state index is 6.33. The highest BCUT2D eigenvalue weighted by Crippen LogP contribution is 2.27. The summed E-state index contributed by atoms with van der Waals surface area (Å²) in [5, 5.41) is 4.28. The number of benzene rings is 1. The van der Waals surface area contributed by atoms with Gasteiger partial charge in [0, 0.05) is 11.1 Å². The van der Waals surface area contributed by atoms with Crippen LogP contribution in [-0.4, -0.2) is 7.05 Å². The molecule has 0 aliphatic heterocycles. The zero-order valence-corrected chi connectivity index (χ0v) is 12.7. The quantitative estimate of drug-likeness (QED) is 0.633. The summed E-state index contributed by atoms with van der Waals surface area (Å²) in [4.78, 5) is 0. The standard InChI is InChI=1S/C16H26ClN/c1-4-5-6-7-8-9-16(18-3)14-11-10-13(2)12-15(14)17/h10-12,16,18H,4-9H2,1-3H3. The zero-order chi connectivity index (χ0) is 13.4. The van der Waals surface area contributed by atoms with Gasteiger partial charge in [0.25, 0.3) is 0 Å². The van der Waals surface area contributed by atoms with E-state index >= 15 is 0 Å². The third-order valence-electron chi connectivity index (χ3n) is 3.48. The molecule has 18 heavy (non-hydrogen) atoms. The maximum Gasteiger partial charge on any atom is 0.0456 e. The molecule has 1 rings (SSSR count). The number of hydrogen-bond donors (Lipinski definition) is 1. The minimum absolute atomic E-state index is 0.389. The summed E-state index contributed by atoms with van der Waals surface area (Å²) < 4.78 is 0. The lowest BCUT2D eigenvalue weighted by Gasteiger charge is -2.18. The van der Waals surface area contributed by atoms with Gasteiger partial charge in [-0.15, -0.1) is 0 Å². The van der Waals surface area contributed by atoms with Crippen molar-refractivity contribution < 1.29 is 0 Å². The molecule has 1 unspecified atom stereocenters. The molecule has 2 heteroatoms. The van der Waals surface area contributed by atoms with Gasteiger partial charge >= 0.3 is 0 Å². The van der Waals surface area contributed by atoms with E-state index in [0.29, 0.717) is 6.04 Å². The minimum atomic E-state index is 0.389. The van der Waals surface area contributed by atoms with Gasteiger partial charge in [0.15, 0.2) is 0 Å². The van der Waals surface area contributed by atoms with E-state index in [-0.39, 0.29) is 0 Å². The maximum atomic E-state index is 6.33. The first-order valence-electron chi connectivity index (χ1n) is 7.12. The van der Waals surface area contributed by atoms with Gasteiger partial charge in [0.1, 0.15) is 0 Å². The average Bonchev–Trinajstić information content (AvgIpc) is 2.35. The van der Waals surface area contributed by atoms with Crippen LogP contribution in [0.3, 0.4) is 0 Å². The van der Waals surface area contributed by atoms with Crippen LogP contribution in [0.25, 0.3) is 0 Å². The number of halogens is 1. The third kappa shape index (κ3) is 4.99. The Hall–Kier alpha value is -0.530. The minimum Gasteiger partial charge on any atom is -0.313 e. The van der Waals surface area contributed by atoms with Crippen LogP contribution in [0.2, 0.25) is 5.02 Å². The van der Waals surface area contributed by atoms with Crippen molar-refractivity contribution in [2.45, 2.75) is 58.4 Å². The molecule has 0 amide bonds. The molecular weight excluding hydrogens is 242 g/mol. The highest BCUT2D eigenvalue weighted by atomic mass is 35.5. The summed E-state index contributed by atoms with van der Waals surface area (Å²) in [6.07, 6.45) is 7.79. The molecule has 0 aliphatic carbocycles. The number of rotatable bonds is 8. The summed E-state index contributed by atoms with van der Waals surface area (Å²) in [6, 6.07) is 6.74. The van der Waals surface area contributed by atoms with E-state index in [1.165, 1.54) is 49.7 Å². The van der Waals surface area contributed by atoms with Gasteiger partial charge in [0.05, 0.1) is 0 Å². The lowest BCUT2D eigenvalue weighted by atomic mass is 9.99. The van der Waals surface area contributed by atoms with Crippen molar-refractivity contribution in [3.8, 4) is 0 Å². The molecule has 0 spiro atoms. The summed E-state index contributed by atoms with van der Waals surface area (Å²) in [6.45, 7) is 4.33. The van der Waals surface area contributed by atoms with Crippen LogP contribution in [0.15, 0.2) is 18.2 Å². The molecule has 0 radical (unpaired) electrons. The van der Waals surface area contributed by atoms with E-state index in [4.69, 9.17) is 11.6 Å². The molecule has 1 aromatic rings. The normalized spacial score (nSPS) is 12.7. The van der Waals surface area contributed by atoms with Crippen molar-refractivity contribution in [2.75, 3.05) is 7.05 Å². The molecule has 0 fully saturated rings. The first-order chi connectivity index (χ1) is 8.69. The fourth-order valence-electron chi connectivity index (χ4n) is 2.32. The van der Waals surface area contributed by atoms with E-state index < -0.39 is 0 Å². The van der Waals surface area contributed by atoms with Crippen LogP contribution in [0, 0.1) is 6.92 Å². The van der Waals surface area contributed by atoms with E-state index in [1.54, 1.807) is 0 Å². The van der Waals surface area contributed by atoms with Crippen LogP contribution >= 0.6 is 11.6 Å². The van der Waals surface area contributed by atoms with Crippen LogP contribution < -0.4 is 5.32 Å². The lowest BCUT2D eigenvalue weighted by Crippen LogP contribution is -2.16. The lowest BCUT2D eigenvalue weighted by molar-refractivity contribution is 0.501. The predicted octanol–water partition coefficient (Wildman–Crippen LogP) is 5.27. The van der Waals surface area contributed by atoms with Crippen LogP contribution in [0.4, 0.5) is 0 Å². The monoisotopic (exact) mass is 267 g/mol. The highest BCUT2D eigenvalue weighted by Gasteiger charge is 2.12. The molecule has 1 N–H and O–H groups in total. The van der Waals surface area contributed by atoms with Crippen molar-refractivity contribution in [1.29, 1.82) is 0 Å². The molecule has 102 valence electrons. The number of aryl methyl sites for hydroxylation is 1. The molecule has 0 aromatic heterocycles. The van der Waals surface area contributed by atoms with E-state index in [2.05, 4.69) is 37.4 Å². The Morgan fingerprint density at radius 1 is 1.17 bits per heavy atom. The van der Waals surface area contributed by atoms with Gasteiger partial charge in [-0.1, -0.05) is 62.8 Å². The Morgan fingerprint density at radius 2 is 1.89 bits per heavy atom. The van der Waals surface area contributed by atoms with Crippen LogP contribution in [-0.2, 0) is 0 Å². The zero-order valence-electron chi connectivity index (χ0n) is 11.9. The van der Waals surface area contributed by atoms with Crippen molar-refractivity contribution in [3.05, 3.63) is 34.3 Å². The first kappa shape index (κ1) is 15.5. The second-order valence-corrected chi connectivity index (χ2v) is 5.48. The summed E-state index contributed by atoms with van der Waals surface area (Å²) in [7, 11) is 2.02. The summed E-state index contributed by atoms with van der Waals surface area (Å²) in [5.41, 5.74) is 2.46. The molecule has 0 heterocycles. The van der Waals surface area contributed by atoms with Gasteiger partial charge in [-0.25, -0.2) is 0 Å². The fraction of sp³-hybridized carbons (Fsp3) is 0.625. The largest absolute Gasteiger partial charge is 0.313 e. The number of unbranched alkanes of at least 4 members (excludes halogenated alkanes) is 4. The third-order valence-corrected chi connectivity index (χ3v) is 3.80. The molecule has 0 aliphatic rings. The summed E-state index contributed by atoms with van der Waals surface area (Å²) in [5.74, 6) is 0. The topological polar surface area (TPSA) is 12.0 Å². The van der Waals surface area contributed by atoms with Crippen LogP contribution in [0.1, 0.15) is 62.6 Å². The van der Waals surface area contributed by atoms with Gasteiger partial charge in [-0.3, -0.25) is 0 Å². The Balaban J connectivity index is 2.49. The molecule has 0 saturated carbocycles. The van der Waals surface area contributed by atoms with Gasteiger partial charge in [-0.05, 0) is 37.6 Å². The Labute approximate surface area is 117 Å². The second-order valence-electron chi connectivity index (χ2n) is 5.07. The highest BCUT2D eigenvalue weighted by molar-refractivity contribution is 6.31. The predicted molar refractivity (Wildman–Crippen MR) is 81.4 cm³/mol. The fourth-order valence-corrected chi connectivity index (χ4v) is 2.69. The SMILES string of the molecule is CCCCCCCC(NC)c1ccc(C)cc1Cl. The summed E-state index contributed by atoms with van der Waals surface area (Å²) >= 11 is 6.33. The second kappa shape index (κ2) is 8.55. The van der Waals surface area contributed by atoms with E-state index in [9.17, 15) is 0 Å². The van der Waals surface area contributed by atoms with E-state index in [1.807, 2.05) is 7.05 Å². The molecule has 1 nitrogen and oxygen atoms in total. The number of nitrogens with one attached hydrogen (secondary N) is 1. The van der Waals surface area contributed by atoms with Crippen molar-refractivity contribution >= 4 is 11.6 Å².